The third-order valence-electron chi connectivity index (χ3n) is 4.16. The van der Waals surface area contributed by atoms with Crippen molar-refractivity contribution in [3.8, 4) is 17.6 Å². The highest BCUT2D eigenvalue weighted by atomic mass is 35.5. The fourth-order valence-electron chi connectivity index (χ4n) is 2.70. The summed E-state index contributed by atoms with van der Waals surface area (Å²) in [6.45, 7) is 3.00. The van der Waals surface area contributed by atoms with Gasteiger partial charge in [0.15, 0.2) is 6.10 Å². The van der Waals surface area contributed by atoms with Crippen LogP contribution >= 0.6 is 11.6 Å². The second-order valence-electron chi connectivity index (χ2n) is 6.59. The number of amides is 1. The molecule has 0 aliphatic carbocycles. The Balaban J connectivity index is 2.07. The molecule has 2 unspecified atom stereocenters. The molecule has 5 nitrogen and oxygen atoms in total. The Kier molecular flexibility index (Phi) is 7.95. The molecule has 0 aliphatic heterocycles. The molecule has 0 saturated carbocycles. The number of nitrogens with one attached hydrogen (secondary N) is 1. The van der Waals surface area contributed by atoms with Gasteiger partial charge < -0.3 is 15.2 Å². The van der Waals surface area contributed by atoms with Crippen molar-refractivity contribution in [2.24, 2.45) is 0 Å². The van der Waals surface area contributed by atoms with E-state index in [2.05, 4.69) is 17.2 Å². The summed E-state index contributed by atoms with van der Waals surface area (Å²) < 4.78 is 44.0. The van der Waals surface area contributed by atoms with E-state index in [0.29, 0.717) is 11.3 Å². The SMILES string of the molecule is CC#CC(CC(=O)O)c1ccc(NC(=O)C(C)Oc2cc(Cl)cc(C(F)(F)F)c2)cc1. The first-order valence-corrected chi connectivity index (χ1v) is 9.46. The molecule has 0 spiro atoms. The van der Waals surface area contributed by atoms with Crippen LogP contribution in [0.2, 0.25) is 5.02 Å². The zero-order chi connectivity index (χ0) is 23.2. The van der Waals surface area contributed by atoms with Crippen molar-refractivity contribution in [2.75, 3.05) is 5.32 Å². The van der Waals surface area contributed by atoms with Crippen LogP contribution in [0.4, 0.5) is 18.9 Å². The lowest BCUT2D eigenvalue weighted by Gasteiger charge is -2.17. The Morgan fingerprint density at radius 2 is 1.84 bits per heavy atom. The van der Waals surface area contributed by atoms with Crippen LogP contribution in [-0.2, 0) is 15.8 Å². The maximum atomic E-state index is 12.9. The average Bonchev–Trinajstić information content (AvgIpc) is 2.66. The zero-order valence-electron chi connectivity index (χ0n) is 16.6. The largest absolute Gasteiger partial charge is 0.481 e. The second-order valence-corrected chi connectivity index (χ2v) is 7.03. The number of carbonyl (C=O) groups is 2. The van der Waals surface area contributed by atoms with E-state index in [1.54, 1.807) is 31.2 Å². The molecule has 2 N–H and O–H groups in total. The Hall–Kier alpha value is -3.18. The summed E-state index contributed by atoms with van der Waals surface area (Å²) >= 11 is 5.72. The Labute approximate surface area is 182 Å². The van der Waals surface area contributed by atoms with Crippen molar-refractivity contribution in [2.45, 2.75) is 38.5 Å². The molecule has 2 rings (SSSR count). The van der Waals surface area contributed by atoms with Crippen LogP contribution in [0.3, 0.4) is 0 Å². The standard InChI is InChI=1S/C22H19ClF3NO4/c1-3-4-15(9-20(28)29)14-5-7-18(8-6-14)27-21(30)13(2)31-19-11-16(22(24,25)26)10-17(23)12-19/h5-8,10-13,15H,9H2,1-2H3,(H,27,30)(H,28,29). The Morgan fingerprint density at radius 3 is 2.39 bits per heavy atom. The predicted octanol–water partition coefficient (Wildman–Crippen LogP) is 5.35. The molecule has 0 aliphatic rings. The van der Waals surface area contributed by atoms with Crippen molar-refractivity contribution < 1.29 is 32.6 Å². The van der Waals surface area contributed by atoms with E-state index in [1.165, 1.54) is 13.0 Å². The number of hydrogen-bond donors (Lipinski definition) is 2. The first-order valence-electron chi connectivity index (χ1n) is 9.09. The molecule has 0 bridgehead atoms. The van der Waals surface area contributed by atoms with Gasteiger partial charge in [-0.1, -0.05) is 29.7 Å². The number of anilines is 1. The van der Waals surface area contributed by atoms with Gasteiger partial charge in [-0.3, -0.25) is 9.59 Å². The average molecular weight is 454 g/mol. The summed E-state index contributed by atoms with van der Waals surface area (Å²) in [6, 6.07) is 9.16. The number of alkyl halides is 3. The van der Waals surface area contributed by atoms with Crippen molar-refractivity contribution in [3.05, 3.63) is 58.6 Å². The monoisotopic (exact) mass is 453 g/mol. The lowest BCUT2D eigenvalue weighted by molar-refractivity contribution is -0.138. The van der Waals surface area contributed by atoms with Crippen molar-refractivity contribution in [3.63, 3.8) is 0 Å². The van der Waals surface area contributed by atoms with Gasteiger partial charge in [0, 0.05) is 10.7 Å². The number of carboxylic acids is 1. The molecule has 0 radical (unpaired) electrons. The maximum absolute atomic E-state index is 12.9. The molecule has 0 heterocycles. The summed E-state index contributed by atoms with van der Waals surface area (Å²) in [5.41, 5.74) is 0.103. The van der Waals surface area contributed by atoms with E-state index in [1.807, 2.05) is 0 Å². The molecular weight excluding hydrogens is 435 g/mol. The normalized spacial score (nSPS) is 12.8. The molecular formula is C22H19ClF3NO4. The summed E-state index contributed by atoms with van der Waals surface area (Å²) in [5, 5.41) is 11.4. The van der Waals surface area contributed by atoms with Crippen molar-refractivity contribution >= 4 is 29.2 Å². The highest BCUT2D eigenvalue weighted by Crippen LogP contribution is 2.34. The summed E-state index contributed by atoms with van der Waals surface area (Å²) in [5.74, 6) is 3.28. The Morgan fingerprint density at radius 1 is 1.19 bits per heavy atom. The molecule has 9 heteroatoms. The number of benzene rings is 2. The molecule has 31 heavy (non-hydrogen) atoms. The molecule has 2 aromatic rings. The van der Waals surface area contributed by atoms with E-state index in [-0.39, 0.29) is 17.2 Å². The second kappa shape index (κ2) is 10.2. The highest BCUT2D eigenvalue weighted by molar-refractivity contribution is 6.30. The first kappa shape index (κ1) is 24.1. The van der Waals surface area contributed by atoms with Gasteiger partial charge in [0.25, 0.3) is 5.91 Å². The van der Waals surface area contributed by atoms with E-state index in [0.717, 1.165) is 12.1 Å². The first-order chi connectivity index (χ1) is 14.5. The number of halogens is 4. The van der Waals surface area contributed by atoms with Gasteiger partial charge in [0.1, 0.15) is 5.75 Å². The number of ether oxygens (including phenoxy) is 1. The van der Waals surface area contributed by atoms with E-state index in [4.69, 9.17) is 21.4 Å². The van der Waals surface area contributed by atoms with Gasteiger partial charge in [-0.15, -0.1) is 5.92 Å². The van der Waals surface area contributed by atoms with Crippen LogP contribution in [0.25, 0.3) is 0 Å². The zero-order valence-corrected chi connectivity index (χ0v) is 17.3. The highest BCUT2D eigenvalue weighted by Gasteiger charge is 2.31. The van der Waals surface area contributed by atoms with E-state index < -0.39 is 35.6 Å². The number of hydrogen-bond acceptors (Lipinski definition) is 3. The van der Waals surface area contributed by atoms with Crippen molar-refractivity contribution in [1.82, 2.24) is 0 Å². The van der Waals surface area contributed by atoms with Gasteiger partial charge >= 0.3 is 12.1 Å². The molecule has 1 amide bonds. The van der Waals surface area contributed by atoms with Crippen LogP contribution < -0.4 is 10.1 Å². The van der Waals surface area contributed by atoms with Crippen LogP contribution in [0.15, 0.2) is 42.5 Å². The van der Waals surface area contributed by atoms with Crippen LogP contribution in [0, 0.1) is 11.8 Å². The van der Waals surface area contributed by atoms with Gasteiger partial charge in [-0.2, -0.15) is 13.2 Å². The fourth-order valence-corrected chi connectivity index (χ4v) is 2.92. The third-order valence-corrected chi connectivity index (χ3v) is 4.38. The van der Waals surface area contributed by atoms with E-state index in [9.17, 15) is 22.8 Å². The van der Waals surface area contributed by atoms with Gasteiger partial charge in [0.05, 0.1) is 17.9 Å². The summed E-state index contributed by atoms with van der Waals surface area (Å²) in [4.78, 5) is 23.3. The molecule has 0 aromatic heterocycles. The van der Waals surface area contributed by atoms with Gasteiger partial charge in [0.2, 0.25) is 0 Å². The molecule has 2 aromatic carbocycles. The number of aliphatic carboxylic acids is 1. The van der Waals surface area contributed by atoms with Gasteiger partial charge in [-0.25, -0.2) is 0 Å². The quantitative estimate of drug-likeness (QED) is 0.554. The minimum atomic E-state index is -4.60. The summed E-state index contributed by atoms with van der Waals surface area (Å²) in [7, 11) is 0. The van der Waals surface area contributed by atoms with Crippen LogP contribution in [-0.4, -0.2) is 23.1 Å². The van der Waals surface area contributed by atoms with Crippen LogP contribution in [0.5, 0.6) is 5.75 Å². The van der Waals surface area contributed by atoms with Crippen molar-refractivity contribution in [1.29, 1.82) is 0 Å². The number of carbonyl (C=O) groups excluding carboxylic acids is 1. The Bertz CT molecular complexity index is 1010. The third kappa shape index (κ3) is 7.23. The number of carboxylic acid groups (broad SMARTS) is 1. The molecule has 0 fully saturated rings. The predicted molar refractivity (Wildman–Crippen MR) is 110 cm³/mol. The lowest BCUT2D eigenvalue weighted by atomic mass is 9.96. The van der Waals surface area contributed by atoms with E-state index >= 15 is 0 Å². The van der Waals surface area contributed by atoms with Crippen LogP contribution in [0.1, 0.15) is 37.3 Å². The summed E-state index contributed by atoms with van der Waals surface area (Å²) in [6.07, 6.45) is -5.86. The maximum Gasteiger partial charge on any atom is 0.416 e. The molecule has 0 saturated heterocycles. The fraction of sp³-hybridized carbons (Fsp3) is 0.273. The molecule has 164 valence electrons. The molecule has 2 atom stereocenters. The van der Waals surface area contributed by atoms with Gasteiger partial charge in [-0.05, 0) is 49.7 Å². The lowest BCUT2D eigenvalue weighted by Crippen LogP contribution is -2.30. The smallest absolute Gasteiger partial charge is 0.416 e. The number of rotatable bonds is 7. The minimum Gasteiger partial charge on any atom is -0.481 e. The topological polar surface area (TPSA) is 75.6 Å². The minimum absolute atomic E-state index is 0.156.